The summed E-state index contributed by atoms with van der Waals surface area (Å²) in [5.74, 6) is 0.0577. The van der Waals surface area contributed by atoms with Crippen LogP contribution in [0.25, 0.3) is 10.9 Å². The number of hydrogen-bond donors (Lipinski definition) is 1. The second kappa shape index (κ2) is 10.5. The van der Waals surface area contributed by atoms with Crippen molar-refractivity contribution in [2.45, 2.75) is 4.90 Å². The number of pyridine rings is 1. The van der Waals surface area contributed by atoms with Crippen molar-refractivity contribution in [3.8, 4) is 5.75 Å². The first kappa shape index (κ1) is 24.2. The van der Waals surface area contributed by atoms with Gasteiger partial charge in [-0.2, -0.15) is 0 Å². The molecule has 8 nitrogen and oxygen atoms in total. The number of anilines is 2. The van der Waals surface area contributed by atoms with Gasteiger partial charge in [0.05, 0.1) is 22.7 Å². The third kappa shape index (κ3) is 5.42. The molecule has 0 saturated carbocycles. The van der Waals surface area contributed by atoms with Crippen molar-refractivity contribution < 1.29 is 22.7 Å². The Morgan fingerprint density at radius 2 is 1.80 bits per heavy atom. The molecule has 0 spiro atoms. The van der Waals surface area contributed by atoms with E-state index < -0.39 is 10.0 Å². The lowest BCUT2D eigenvalue weighted by Gasteiger charge is -2.22. The average Bonchev–Trinajstić information content (AvgIpc) is 2.88. The van der Waals surface area contributed by atoms with E-state index >= 15 is 0 Å². The number of nitrogens with zero attached hydrogens (tertiary/aromatic N) is 2. The predicted octanol–water partition coefficient (Wildman–Crippen LogP) is 4.34. The molecular weight excluding hydrogens is 466 g/mol. The molecule has 0 aliphatic heterocycles. The number of benzene rings is 3. The van der Waals surface area contributed by atoms with Gasteiger partial charge in [-0.15, -0.1) is 0 Å². The molecule has 0 bridgehead atoms. The molecule has 0 unspecified atom stereocenters. The maximum atomic E-state index is 13.4. The highest BCUT2D eigenvalue weighted by molar-refractivity contribution is 7.92. The molecule has 1 aromatic heterocycles. The topological polar surface area (TPSA) is 97.8 Å². The van der Waals surface area contributed by atoms with Crippen LogP contribution in [0.4, 0.5) is 11.4 Å². The molecule has 0 radical (unpaired) electrons. The fraction of sp³-hybridized carbons (Fsp3) is 0.154. The molecule has 0 atom stereocenters. The first-order valence-corrected chi connectivity index (χ1v) is 12.3. The molecule has 0 aliphatic rings. The molecule has 35 heavy (non-hydrogen) atoms. The minimum atomic E-state index is -3.94. The Kier molecular flexibility index (Phi) is 7.28. The highest BCUT2D eigenvalue weighted by atomic mass is 32.2. The van der Waals surface area contributed by atoms with E-state index in [2.05, 4.69) is 10.3 Å². The van der Waals surface area contributed by atoms with Crippen LogP contribution in [0, 0.1) is 0 Å². The van der Waals surface area contributed by atoms with Crippen molar-refractivity contribution >= 4 is 38.2 Å². The van der Waals surface area contributed by atoms with E-state index in [9.17, 15) is 13.2 Å². The lowest BCUT2D eigenvalue weighted by atomic mass is 10.1. The number of carbonyl (C=O) groups excluding carboxylic acids is 1. The summed E-state index contributed by atoms with van der Waals surface area (Å²) in [4.78, 5) is 17.1. The van der Waals surface area contributed by atoms with Crippen LogP contribution >= 0.6 is 0 Å². The number of aromatic nitrogens is 1. The third-order valence-corrected chi connectivity index (χ3v) is 7.14. The Bertz CT molecular complexity index is 1460. The van der Waals surface area contributed by atoms with E-state index in [-0.39, 0.29) is 17.4 Å². The number of hydrogen-bond acceptors (Lipinski definition) is 6. The Balaban J connectivity index is 1.56. The van der Waals surface area contributed by atoms with Gasteiger partial charge >= 0.3 is 0 Å². The van der Waals surface area contributed by atoms with Gasteiger partial charge in [0.2, 0.25) is 0 Å². The van der Waals surface area contributed by atoms with Crippen molar-refractivity contribution in [2.75, 3.05) is 37.0 Å². The van der Waals surface area contributed by atoms with Crippen LogP contribution in [-0.4, -0.2) is 46.7 Å². The van der Waals surface area contributed by atoms with Crippen molar-refractivity contribution in [1.82, 2.24) is 4.98 Å². The minimum Gasteiger partial charge on any atom is -0.489 e. The Labute approximate surface area is 204 Å². The van der Waals surface area contributed by atoms with Crippen LogP contribution in [0.15, 0.2) is 90.0 Å². The van der Waals surface area contributed by atoms with Crippen molar-refractivity contribution in [3.05, 3.63) is 90.6 Å². The standard InChI is InChI=1S/C26H25N3O5S/c1-29(24-10-3-4-11-25(24)34-16-15-33-2)35(31,32)22-9-5-8-21(18-22)28-26(30)20-13-12-19-7-6-14-27-23(19)17-20/h3-14,17-18H,15-16H2,1-2H3,(H,28,30). The first-order chi connectivity index (χ1) is 16.9. The largest absolute Gasteiger partial charge is 0.489 e. The summed E-state index contributed by atoms with van der Waals surface area (Å²) < 4.78 is 38.6. The van der Waals surface area contributed by atoms with Crippen LogP contribution in [0.3, 0.4) is 0 Å². The van der Waals surface area contributed by atoms with E-state index in [0.717, 1.165) is 9.69 Å². The van der Waals surface area contributed by atoms with Gasteiger partial charge in [-0.25, -0.2) is 8.42 Å². The summed E-state index contributed by atoms with van der Waals surface area (Å²) in [6.07, 6.45) is 1.66. The number of carbonyl (C=O) groups is 1. The van der Waals surface area contributed by atoms with Gasteiger partial charge in [0, 0.05) is 37.0 Å². The zero-order valence-electron chi connectivity index (χ0n) is 19.3. The maximum absolute atomic E-state index is 13.4. The number of para-hydroxylation sites is 2. The SMILES string of the molecule is COCCOc1ccccc1N(C)S(=O)(=O)c1cccc(NC(=O)c2ccc3cccnc3c2)c1. The van der Waals surface area contributed by atoms with Gasteiger partial charge in [-0.05, 0) is 48.5 Å². The van der Waals surface area contributed by atoms with Crippen molar-refractivity contribution in [3.63, 3.8) is 0 Å². The van der Waals surface area contributed by atoms with E-state index in [1.165, 1.54) is 19.2 Å². The molecule has 0 saturated heterocycles. The summed E-state index contributed by atoms with van der Waals surface area (Å²) in [6, 6.07) is 22.0. The Morgan fingerprint density at radius 1 is 0.971 bits per heavy atom. The second-order valence-corrected chi connectivity index (χ2v) is 9.64. The predicted molar refractivity (Wildman–Crippen MR) is 136 cm³/mol. The lowest BCUT2D eigenvalue weighted by molar-refractivity contribution is 0.102. The molecular formula is C26H25N3O5S. The first-order valence-electron chi connectivity index (χ1n) is 10.9. The highest BCUT2D eigenvalue weighted by Crippen LogP contribution is 2.31. The summed E-state index contributed by atoms with van der Waals surface area (Å²) >= 11 is 0. The zero-order valence-corrected chi connectivity index (χ0v) is 20.2. The molecule has 0 aliphatic carbocycles. The number of sulfonamides is 1. The average molecular weight is 492 g/mol. The molecule has 1 heterocycles. The number of ether oxygens (including phenoxy) is 2. The van der Waals surface area contributed by atoms with Crippen molar-refractivity contribution in [1.29, 1.82) is 0 Å². The third-order valence-electron chi connectivity index (χ3n) is 5.37. The monoisotopic (exact) mass is 491 g/mol. The summed E-state index contributed by atoms with van der Waals surface area (Å²) in [5, 5.41) is 3.69. The van der Waals surface area contributed by atoms with E-state index in [1.807, 2.05) is 18.2 Å². The van der Waals surface area contributed by atoms with Crippen LogP contribution in [0.2, 0.25) is 0 Å². The van der Waals surface area contributed by atoms with Crippen LogP contribution in [-0.2, 0) is 14.8 Å². The van der Waals surface area contributed by atoms with Gasteiger partial charge in [-0.1, -0.05) is 30.3 Å². The fourth-order valence-corrected chi connectivity index (χ4v) is 4.76. The molecule has 180 valence electrons. The van der Waals surface area contributed by atoms with Gasteiger partial charge in [-0.3, -0.25) is 14.1 Å². The summed E-state index contributed by atoms with van der Waals surface area (Å²) in [5.41, 5.74) is 1.87. The Morgan fingerprint density at radius 3 is 2.63 bits per heavy atom. The fourth-order valence-electron chi connectivity index (χ4n) is 3.51. The van der Waals surface area contributed by atoms with Crippen LogP contribution < -0.4 is 14.4 Å². The second-order valence-electron chi connectivity index (χ2n) is 7.67. The van der Waals surface area contributed by atoms with E-state index in [4.69, 9.17) is 9.47 Å². The molecule has 4 rings (SSSR count). The normalized spacial score (nSPS) is 11.3. The van der Waals surface area contributed by atoms with E-state index in [0.29, 0.717) is 34.8 Å². The molecule has 1 amide bonds. The van der Waals surface area contributed by atoms with Crippen molar-refractivity contribution in [2.24, 2.45) is 0 Å². The van der Waals surface area contributed by atoms with Gasteiger partial charge < -0.3 is 14.8 Å². The van der Waals surface area contributed by atoms with Gasteiger partial charge in [0.1, 0.15) is 12.4 Å². The van der Waals surface area contributed by atoms with E-state index in [1.54, 1.807) is 61.8 Å². The molecule has 9 heteroatoms. The molecule has 0 fully saturated rings. The zero-order chi connectivity index (χ0) is 24.8. The molecule has 4 aromatic rings. The molecule has 1 N–H and O–H groups in total. The van der Waals surface area contributed by atoms with Gasteiger partial charge in [0.25, 0.3) is 15.9 Å². The number of nitrogens with one attached hydrogen (secondary N) is 1. The van der Waals surface area contributed by atoms with Gasteiger partial charge in [0.15, 0.2) is 0 Å². The highest BCUT2D eigenvalue weighted by Gasteiger charge is 2.24. The summed E-state index contributed by atoms with van der Waals surface area (Å²) in [7, 11) is -0.913. The quantitative estimate of drug-likeness (QED) is 0.350. The minimum absolute atomic E-state index is 0.0321. The smallest absolute Gasteiger partial charge is 0.264 e. The number of rotatable bonds is 9. The number of fused-ring (bicyclic) bond motifs is 1. The Hall–Kier alpha value is -3.95. The maximum Gasteiger partial charge on any atom is 0.264 e. The summed E-state index contributed by atoms with van der Waals surface area (Å²) in [6.45, 7) is 0.660. The lowest BCUT2D eigenvalue weighted by Crippen LogP contribution is -2.27. The number of amides is 1. The van der Waals surface area contributed by atoms with Crippen LogP contribution in [0.5, 0.6) is 5.75 Å². The molecule has 3 aromatic carbocycles. The number of methoxy groups -OCH3 is 1. The van der Waals surface area contributed by atoms with Crippen LogP contribution in [0.1, 0.15) is 10.4 Å².